The minimum absolute atomic E-state index is 0.415. The summed E-state index contributed by atoms with van der Waals surface area (Å²) in [7, 11) is -3.50. The van der Waals surface area contributed by atoms with E-state index in [9.17, 15) is 8.42 Å². The Morgan fingerprint density at radius 1 is 1.13 bits per heavy atom. The first kappa shape index (κ1) is 15.6. The van der Waals surface area contributed by atoms with Gasteiger partial charge in [0.05, 0.1) is 20.4 Å². The van der Waals surface area contributed by atoms with Gasteiger partial charge in [-0.3, -0.25) is 0 Å². The zero-order valence-corrected chi connectivity index (χ0v) is 15.5. The van der Waals surface area contributed by atoms with Crippen LogP contribution in [0.15, 0.2) is 16.5 Å². The topological polar surface area (TPSA) is 75.2 Å². The van der Waals surface area contributed by atoms with Crippen molar-refractivity contribution in [1.82, 2.24) is 14.3 Å². The Labute approximate surface area is 146 Å². The number of nitrogens with zero attached hydrogens (tertiary/aromatic N) is 3. The normalized spacial score (nSPS) is 16.6. The smallest absolute Gasteiger partial charge is 0.246 e. The van der Waals surface area contributed by atoms with E-state index in [0.29, 0.717) is 18.2 Å². The van der Waals surface area contributed by atoms with Gasteiger partial charge in [-0.15, -0.1) is 11.3 Å². The van der Waals surface area contributed by atoms with E-state index < -0.39 is 10.2 Å². The van der Waals surface area contributed by atoms with Crippen LogP contribution in [0.4, 0.5) is 5.13 Å². The van der Waals surface area contributed by atoms with Gasteiger partial charge in [0.15, 0.2) is 9.47 Å². The van der Waals surface area contributed by atoms with Crippen molar-refractivity contribution in [2.75, 3.05) is 24.1 Å². The molecule has 1 saturated heterocycles. The minimum atomic E-state index is -3.50. The molecule has 122 valence electrons. The Bertz CT molecular complexity index is 973. The van der Waals surface area contributed by atoms with Crippen molar-refractivity contribution in [3.8, 4) is 0 Å². The molecule has 6 nitrogen and oxygen atoms in total. The van der Waals surface area contributed by atoms with Crippen LogP contribution >= 0.6 is 34.4 Å². The zero-order valence-electron chi connectivity index (χ0n) is 12.3. The summed E-state index contributed by atoms with van der Waals surface area (Å²) in [4.78, 5) is 8.97. The van der Waals surface area contributed by atoms with E-state index in [1.807, 2.05) is 18.4 Å². The SMILES string of the molecule is CSc1nc2ccc3nc(NS(=O)(=O)N4CCCC4)sc3c2s1. The molecule has 1 fully saturated rings. The Morgan fingerprint density at radius 3 is 2.48 bits per heavy atom. The van der Waals surface area contributed by atoms with Crippen molar-refractivity contribution in [2.45, 2.75) is 17.2 Å². The summed E-state index contributed by atoms with van der Waals surface area (Å²) in [6, 6.07) is 3.83. The fraction of sp³-hybridized carbons (Fsp3) is 0.385. The Morgan fingerprint density at radius 2 is 1.78 bits per heavy atom. The summed E-state index contributed by atoms with van der Waals surface area (Å²) in [6.07, 6.45) is 3.83. The number of anilines is 1. The van der Waals surface area contributed by atoms with E-state index in [1.165, 1.54) is 15.6 Å². The molecular formula is C13H14N4O2S4. The molecule has 0 unspecified atom stereocenters. The number of hydrogen-bond acceptors (Lipinski definition) is 7. The summed E-state index contributed by atoms with van der Waals surface area (Å²) < 4.78 is 31.9. The lowest BCUT2D eigenvalue weighted by Gasteiger charge is -2.14. The van der Waals surface area contributed by atoms with Gasteiger partial charge in [0, 0.05) is 13.1 Å². The van der Waals surface area contributed by atoms with E-state index in [0.717, 1.165) is 37.6 Å². The largest absolute Gasteiger partial charge is 0.303 e. The van der Waals surface area contributed by atoms with Gasteiger partial charge in [0.2, 0.25) is 0 Å². The highest BCUT2D eigenvalue weighted by atomic mass is 32.2. The fourth-order valence-electron chi connectivity index (χ4n) is 2.59. The number of thioether (sulfide) groups is 1. The average molecular weight is 387 g/mol. The number of benzene rings is 1. The molecule has 1 N–H and O–H groups in total. The number of thiazole rings is 2. The Hall–Kier alpha value is -0.940. The van der Waals surface area contributed by atoms with Crippen molar-refractivity contribution in [3.63, 3.8) is 0 Å². The zero-order chi connectivity index (χ0) is 16.0. The molecular weight excluding hydrogens is 372 g/mol. The summed E-state index contributed by atoms with van der Waals surface area (Å²) >= 11 is 4.60. The monoisotopic (exact) mass is 386 g/mol. The van der Waals surface area contributed by atoms with Crippen molar-refractivity contribution >= 4 is 70.2 Å². The van der Waals surface area contributed by atoms with Gasteiger partial charge in [-0.2, -0.15) is 12.7 Å². The molecule has 2 aromatic heterocycles. The molecule has 1 aliphatic rings. The first-order valence-electron chi connectivity index (χ1n) is 7.09. The Balaban J connectivity index is 1.73. The van der Waals surface area contributed by atoms with E-state index in [4.69, 9.17) is 0 Å². The summed E-state index contributed by atoms with van der Waals surface area (Å²) in [5.74, 6) is 0. The molecule has 0 radical (unpaired) electrons. The molecule has 1 aromatic carbocycles. The molecule has 1 aliphatic heterocycles. The number of fused-ring (bicyclic) bond motifs is 3. The molecule has 0 atom stereocenters. The molecule has 10 heteroatoms. The fourth-order valence-corrected chi connectivity index (χ4v) is 6.71. The highest BCUT2D eigenvalue weighted by Crippen LogP contribution is 2.38. The highest BCUT2D eigenvalue weighted by Gasteiger charge is 2.26. The van der Waals surface area contributed by atoms with Crippen molar-refractivity contribution in [3.05, 3.63) is 12.1 Å². The second-order valence-electron chi connectivity index (χ2n) is 5.18. The third-order valence-corrected chi connectivity index (χ3v) is 8.52. The van der Waals surface area contributed by atoms with E-state index >= 15 is 0 Å². The Kier molecular flexibility index (Phi) is 3.96. The molecule has 4 rings (SSSR count). The van der Waals surface area contributed by atoms with Crippen LogP contribution in [-0.4, -0.2) is 42.0 Å². The summed E-state index contributed by atoms with van der Waals surface area (Å²) in [5, 5.41) is 0.415. The number of rotatable bonds is 4. The third-order valence-electron chi connectivity index (χ3n) is 3.69. The molecule has 0 bridgehead atoms. The first-order valence-corrected chi connectivity index (χ1v) is 11.4. The van der Waals surface area contributed by atoms with Crippen LogP contribution in [-0.2, 0) is 10.2 Å². The van der Waals surface area contributed by atoms with Gasteiger partial charge in [0.25, 0.3) is 0 Å². The highest BCUT2D eigenvalue weighted by molar-refractivity contribution is 8.00. The van der Waals surface area contributed by atoms with Crippen LogP contribution in [0.25, 0.3) is 20.4 Å². The minimum Gasteiger partial charge on any atom is -0.246 e. The molecule has 0 saturated carbocycles. The molecule has 3 heterocycles. The van der Waals surface area contributed by atoms with Gasteiger partial charge < -0.3 is 0 Å². The van der Waals surface area contributed by atoms with Crippen LogP contribution in [0.5, 0.6) is 0 Å². The first-order chi connectivity index (χ1) is 11.1. The van der Waals surface area contributed by atoms with Gasteiger partial charge >= 0.3 is 10.2 Å². The summed E-state index contributed by atoms with van der Waals surface area (Å²) in [5.41, 5.74) is 1.74. The molecule has 0 aliphatic carbocycles. The number of hydrogen-bond donors (Lipinski definition) is 1. The van der Waals surface area contributed by atoms with Crippen molar-refractivity contribution in [2.24, 2.45) is 0 Å². The van der Waals surface area contributed by atoms with E-state index in [2.05, 4.69) is 14.7 Å². The lowest BCUT2D eigenvalue weighted by molar-refractivity contribution is 0.482. The van der Waals surface area contributed by atoms with E-state index in [1.54, 1.807) is 23.1 Å². The molecule has 23 heavy (non-hydrogen) atoms. The van der Waals surface area contributed by atoms with Gasteiger partial charge in [-0.1, -0.05) is 23.1 Å². The van der Waals surface area contributed by atoms with Gasteiger partial charge in [-0.25, -0.2) is 14.7 Å². The number of nitrogens with one attached hydrogen (secondary N) is 1. The lowest BCUT2D eigenvalue weighted by atomic mass is 10.3. The second-order valence-corrected chi connectivity index (χ2v) is 9.90. The van der Waals surface area contributed by atoms with Crippen LogP contribution in [0.2, 0.25) is 0 Å². The lowest BCUT2D eigenvalue weighted by Crippen LogP contribution is -2.33. The van der Waals surface area contributed by atoms with Crippen LogP contribution in [0, 0.1) is 0 Å². The predicted molar refractivity (Wildman–Crippen MR) is 97.9 cm³/mol. The quantitative estimate of drug-likeness (QED) is 0.696. The maximum absolute atomic E-state index is 12.4. The van der Waals surface area contributed by atoms with Crippen LogP contribution < -0.4 is 4.72 Å². The second kappa shape index (κ2) is 5.85. The summed E-state index contributed by atoms with van der Waals surface area (Å²) in [6.45, 7) is 1.16. The standard InChI is InChI=1S/C13H14N4O2S4/c1-20-13-15-9-5-4-8-10(11(9)22-13)21-12(14-8)16-23(18,19)17-6-2-3-7-17/h4-5H,2-3,6-7H2,1H3,(H,14,16). The maximum Gasteiger partial charge on any atom is 0.303 e. The van der Waals surface area contributed by atoms with Crippen LogP contribution in [0.3, 0.4) is 0 Å². The molecule has 0 spiro atoms. The van der Waals surface area contributed by atoms with Gasteiger partial charge in [0.1, 0.15) is 0 Å². The predicted octanol–water partition coefficient (Wildman–Crippen LogP) is 3.38. The third kappa shape index (κ3) is 2.82. The van der Waals surface area contributed by atoms with Crippen molar-refractivity contribution < 1.29 is 8.42 Å². The molecule has 3 aromatic rings. The number of aromatic nitrogens is 2. The maximum atomic E-state index is 12.4. The average Bonchev–Trinajstić information content (AvgIpc) is 3.24. The van der Waals surface area contributed by atoms with Gasteiger partial charge in [-0.05, 0) is 31.2 Å². The van der Waals surface area contributed by atoms with Crippen molar-refractivity contribution in [1.29, 1.82) is 0 Å². The molecule has 0 amide bonds. The van der Waals surface area contributed by atoms with E-state index in [-0.39, 0.29) is 0 Å². The van der Waals surface area contributed by atoms with Crippen LogP contribution in [0.1, 0.15) is 12.8 Å².